The molecule has 0 spiro atoms. The Morgan fingerprint density at radius 3 is 2.43 bits per heavy atom. The van der Waals surface area contributed by atoms with Gasteiger partial charge in [0, 0.05) is 39.5 Å². The van der Waals surface area contributed by atoms with Crippen LogP contribution in [0.5, 0.6) is 0 Å². The second kappa shape index (κ2) is 6.38. The van der Waals surface area contributed by atoms with Gasteiger partial charge in [0.25, 0.3) is 0 Å². The van der Waals surface area contributed by atoms with Crippen molar-refractivity contribution in [3.63, 3.8) is 0 Å². The van der Waals surface area contributed by atoms with Gasteiger partial charge in [0.05, 0.1) is 5.82 Å². The summed E-state index contributed by atoms with van der Waals surface area (Å²) in [5.74, 6) is 0.944. The van der Waals surface area contributed by atoms with Crippen molar-refractivity contribution in [1.29, 1.82) is 0 Å². The van der Waals surface area contributed by atoms with Gasteiger partial charge in [0.15, 0.2) is 0 Å². The number of rotatable bonds is 2. The first-order chi connectivity index (χ1) is 9.65. The molecule has 0 aliphatic rings. The third kappa shape index (κ3) is 3.15. The van der Waals surface area contributed by atoms with E-state index in [1.807, 2.05) is 36.1 Å². The van der Waals surface area contributed by atoms with Crippen molar-refractivity contribution in [3.05, 3.63) is 66.0 Å². The first-order valence-electron chi connectivity index (χ1n) is 6.72. The summed E-state index contributed by atoms with van der Waals surface area (Å²) in [5.41, 5.74) is 5.99. The third-order valence-electron chi connectivity index (χ3n) is 3.43. The molecule has 0 unspecified atom stereocenters. The van der Waals surface area contributed by atoms with E-state index in [-0.39, 0.29) is 20.1 Å². The van der Waals surface area contributed by atoms with Crippen LogP contribution in [0.15, 0.2) is 48.8 Å². The maximum Gasteiger partial charge on any atom is 0.0561 e. The minimum Gasteiger partial charge on any atom is -0.373 e. The smallest absolute Gasteiger partial charge is 0.0561 e. The zero-order valence-corrected chi connectivity index (χ0v) is 14.7. The maximum atomic E-state index is 4.45. The summed E-state index contributed by atoms with van der Waals surface area (Å²) in [4.78, 5) is 4.45. The predicted molar refractivity (Wildman–Crippen MR) is 82.4 cm³/mol. The van der Waals surface area contributed by atoms with Crippen LogP contribution in [0.2, 0.25) is 0 Å². The van der Waals surface area contributed by atoms with Gasteiger partial charge in [0.1, 0.15) is 0 Å². The number of benzene rings is 2. The van der Waals surface area contributed by atoms with E-state index < -0.39 is 0 Å². The Labute approximate surface area is 139 Å². The Hall–Kier alpha value is -1.70. The van der Waals surface area contributed by atoms with Crippen LogP contribution in [0, 0.1) is 19.9 Å². The van der Waals surface area contributed by atoms with Crippen LogP contribution in [-0.4, -0.2) is 9.55 Å². The molecule has 0 saturated heterocycles. The van der Waals surface area contributed by atoms with Crippen LogP contribution in [0.3, 0.4) is 0 Å². The van der Waals surface area contributed by atoms with Gasteiger partial charge >= 0.3 is 0 Å². The summed E-state index contributed by atoms with van der Waals surface area (Å²) in [6, 6.07) is 16.0. The van der Waals surface area contributed by atoms with Crippen LogP contribution < -0.4 is 0 Å². The normalized spacial score (nSPS) is 10.2. The number of nitrogens with zero attached hydrogens (tertiary/aromatic N) is 2. The molecule has 1 heterocycles. The van der Waals surface area contributed by atoms with Crippen molar-refractivity contribution in [1.82, 2.24) is 9.55 Å². The molecule has 1 radical (unpaired) electrons. The van der Waals surface area contributed by atoms with Crippen LogP contribution in [0.4, 0.5) is 0 Å². The minimum absolute atomic E-state index is 0. The molecule has 0 N–H and O–H groups in total. The van der Waals surface area contributed by atoms with E-state index >= 15 is 0 Å². The molecule has 0 bridgehead atoms. The van der Waals surface area contributed by atoms with Gasteiger partial charge in [-0.3, -0.25) is 4.98 Å². The second-order valence-corrected chi connectivity index (χ2v) is 5.20. The zero-order valence-electron chi connectivity index (χ0n) is 12.3. The molecule has 0 fully saturated rings. The summed E-state index contributed by atoms with van der Waals surface area (Å²) in [6.07, 6.45) is 3.78. The van der Waals surface area contributed by atoms with Crippen molar-refractivity contribution >= 4 is 0 Å². The SMILES string of the molecule is Cc1cc(C)cc(-c2ccc[c-]c2-c2nccn2C)c1.[Ir]. The van der Waals surface area contributed by atoms with E-state index in [0.717, 1.165) is 11.4 Å². The zero-order chi connectivity index (χ0) is 14.1. The summed E-state index contributed by atoms with van der Waals surface area (Å²) < 4.78 is 2.03. The molecule has 1 aromatic heterocycles. The van der Waals surface area contributed by atoms with Crippen LogP contribution in [0.1, 0.15) is 11.1 Å². The van der Waals surface area contributed by atoms with Crippen LogP contribution in [-0.2, 0) is 27.2 Å². The molecule has 3 aromatic rings. The Morgan fingerprint density at radius 2 is 1.81 bits per heavy atom. The fraction of sp³-hybridized carbons (Fsp3) is 0.167. The van der Waals surface area contributed by atoms with Crippen LogP contribution >= 0.6 is 0 Å². The van der Waals surface area contributed by atoms with Gasteiger partial charge in [-0.15, -0.1) is 29.8 Å². The van der Waals surface area contributed by atoms with E-state index in [1.165, 1.54) is 22.3 Å². The number of aryl methyl sites for hydroxylation is 3. The molecule has 0 atom stereocenters. The summed E-state index contributed by atoms with van der Waals surface area (Å²) >= 11 is 0. The number of hydrogen-bond donors (Lipinski definition) is 0. The van der Waals surface area contributed by atoms with Gasteiger partial charge in [-0.25, -0.2) is 0 Å². The van der Waals surface area contributed by atoms with Gasteiger partial charge in [0.2, 0.25) is 0 Å². The van der Waals surface area contributed by atoms with E-state index in [9.17, 15) is 0 Å². The van der Waals surface area contributed by atoms with Gasteiger partial charge in [-0.1, -0.05) is 40.5 Å². The molecular formula is C18H17IrN2-. The van der Waals surface area contributed by atoms with Crippen molar-refractivity contribution in [3.8, 4) is 22.5 Å². The van der Waals surface area contributed by atoms with E-state index in [2.05, 4.69) is 49.2 Å². The van der Waals surface area contributed by atoms with Gasteiger partial charge < -0.3 is 4.57 Å². The fourth-order valence-corrected chi connectivity index (χ4v) is 2.60. The second-order valence-electron chi connectivity index (χ2n) is 5.20. The van der Waals surface area contributed by atoms with E-state index in [4.69, 9.17) is 0 Å². The number of aromatic nitrogens is 2. The Balaban J connectivity index is 0.00000161. The van der Waals surface area contributed by atoms with Crippen molar-refractivity contribution in [2.45, 2.75) is 13.8 Å². The van der Waals surface area contributed by atoms with Crippen molar-refractivity contribution in [2.75, 3.05) is 0 Å². The van der Waals surface area contributed by atoms with Gasteiger partial charge in [-0.05, 0) is 13.8 Å². The first-order valence-corrected chi connectivity index (χ1v) is 6.72. The average molecular weight is 454 g/mol. The molecule has 2 nitrogen and oxygen atoms in total. The molecular weight excluding hydrogens is 436 g/mol. The van der Waals surface area contributed by atoms with E-state index in [1.54, 1.807) is 0 Å². The summed E-state index contributed by atoms with van der Waals surface area (Å²) in [5, 5.41) is 0. The monoisotopic (exact) mass is 454 g/mol. The van der Waals surface area contributed by atoms with Crippen molar-refractivity contribution in [2.24, 2.45) is 7.05 Å². The average Bonchev–Trinajstić information content (AvgIpc) is 2.84. The third-order valence-corrected chi connectivity index (χ3v) is 3.43. The molecule has 0 aliphatic carbocycles. The molecule has 109 valence electrons. The number of hydrogen-bond acceptors (Lipinski definition) is 1. The minimum atomic E-state index is 0. The van der Waals surface area contributed by atoms with Crippen LogP contribution in [0.25, 0.3) is 22.5 Å². The Bertz CT molecular complexity index is 739. The molecule has 21 heavy (non-hydrogen) atoms. The molecule has 0 saturated carbocycles. The fourth-order valence-electron chi connectivity index (χ4n) is 2.60. The maximum absolute atomic E-state index is 4.45. The molecule has 0 aliphatic heterocycles. The Morgan fingerprint density at radius 1 is 1.10 bits per heavy atom. The van der Waals surface area contributed by atoms with Crippen molar-refractivity contribution < 1.29 is 20.1 Å². The molecule has 3 heteroatoms. The van der Waals surface area contributed by atoms with E-state index in [0.29, 0.717) is 0 Å². The van der Waals surface area contributed by atoms with Gasteiger partial charge in [-0.2, -0.15) is 0 Å². The molecule has 2 aromatic carbocycles. The summed E-state index contributed by atoms with van der Waals surface area (Å²) in [6.45, 7) is 4.26. The first kappa shape index (κ1) is 15.7. The predicted octanol–water partition coefficient (Wildman–Crippen LogP) is 4.17. The molecule has 0 amide bonds. The Kier molecular flexibility index (Phi) is 4.76. The largest absolute Gasteiger partial charge is 0.373 e. The topological polar surface area (TPSA) is 17.8 Å². The standard InChI is InChI=1S/C18H17N2.Ir/c1-13-10-14(2)12-15(11-13)16-6-4-5-7-17(16)18-19-8-9-20(18)3;/h4-6,8-12H,1-3H3;/q-1;. The molecule has 3 rings (SSSR count). The quantitative estimate of drug-likeness (QED) is 0.533. The summed E-state index contributed by atoms with van der Waals surface area (Å²) in [7, 11) is 2.01. The number of imidazole rings is 1.